The highest BCUT2D eigenvalue weighted by Gasteiger charge is 2.25. The molecule has 0 aliphatic carbocycles. The zero-order valence-electron chi connectivity index (χ0n) is 16.6. The molecule has 1 N–H and O–H groups in total. The highest BCUT2D eigenvalue weighted by atomic mass is 32.2. The van der Waals surface area contributed by atoms with E-state index in [0.29, 0.717) is 23.8 Å². The monoisotopic (exact) mass is 428 g/mol. The predicted molar refractivity (Wildman–Crippen MR) is 123 cm³/mol. The predicted octanol–water partition coefficient (Wildman–Crippen LogP) is 5.16. The summed E-state index contributed by atoms with van der Waals surface area (Å²) in [6.07, 6.45) is 0. The summed E-state index contributed by atoms with van der Waals surface area (Å²) in [5.41, 5.74) is 2.11. The molecule has 0 amide bonds. The fraction of sp³-hybridized carbons (Fsp3) is 0.0800. The Labute approximate surface area is 181 Å². The first kappa shape index (κ1) is 19.3. The van der Waals surface area contributed by atoms with Gasteiger partial charge in [0.15, 0.2) is 0 Å². The molecule has 1 aliphatic heterocycles. The quantitative estimate of drug-likeness (QED) is 0.477. The number of anilines is 1. The number of sulfonamides is 1. The van der Waals surface area contributed by atoms with Crippen LogP contribution < -0.4 is 4.72 Å². The van der Waals surface area contributed by atoms with Gasteiger partial charge in [-0.2, -0.15) is 0 Å². The Kier molecular flexibility index (Phi) is 4.92. The van der Waals surface area contributed by atoms with Crippen LogP contribution in [0.1, 0.15) is 17.2 Å². The summed E-state index contributed by atoms with van der Waals surface area (Å²) in [5, 5.41) is 1.86. The van der Waals surface area contributed by atoms with Gasteiger partial charge in [-0.15, -0.1) is 0 Å². The van der Waals surface area contributed by atoms with Crippen LogP contribution in [-0.2, 0) is 14.8 Å². The molecule has 6 heteroatoms. The van der Waals surface area contributed by atoms with E-state index in [2.05, 4.69) is 4.72 Å². The standard InChI is InChI=1S/C25H20N2O3S/c28-31(29,21-15-14-18-8-4-5-11-20(18)16-21)27-23-13-7-6-12-22(23)25-26-24(17-30-25)19-9-2-1-3-10-19/h1-16,24,27H,17H2/t24-/m0/s1. The number of nitrogens with zero attached hydrogens (tertiary/aromatic N) is 1. The summed E-state index contributed by atoms with van der Waals surface area (Å²) in [5.74, 6) is 0.436. The Balaban J connectivity index is 1.46. The van der Waals surface area contributed by atoms with Crippen molar-refractivity contribution >= 4 is 32.4 Å². The molecule has 0 aromatic heterocycles. The molecular weight excluding hydrogens is 408 g/mol. The molecule has 154 valence electrons. The highest BCUT2D eigenvalue weighted by Crippen LogP contribution is 2.29. The third-order valence-electron chi connectivity index (χ3n) is 5.27. The molecule has 0 fully saturated rings. The van der Waals surface area contributed by atoms with Gasteiger partial charge in [0, 0.05) is 0 Å². The Morgan fingerprint density at radius 2 is 1.52 bits per heavy atom. The maximum atomic E-state index is 13.1. The summed E-state index contributed by atoms with van der Waals surface area (Å²) in [4.78, 5) is 4.90. The number of para-hydroxylation sites is 1. The molecule has 0 unspecified atom stereocenters. The van der Waals surface area contributed by atoms with Crippen molar-refractivity contribution in [3.05, 3.63) is 108 Å². The van der Waals surface area contributed by atoms with Gasteiger partial charge in [-0.05, 0) is 40.6 Å². The lowest BCUT2D eigenvalue weighted by atomic mass is 10.1. The minimum atomic E-state index is -3.78. The summed E-state index contributed by atoms with van der Waals surface area (Å²) in [6.45, 7) is 0.422. The van der Waals surface area contributed by atoms with Crippen molar-refractivity contribution in [3.8, 4) is 0 Å². The lowest BCUT2D eigenvalue weighted by Gasteiger charge is -2.13. The Morgan fingerprint density at radius 3 is 2.35 bits per heavy atom. The molecule has 0 saturated heterocycles. The first-order valence-electron chi connectivity index (χ1n) is 9.97. The van der Waals surface area contributed by atoms with Crippen LogP contribution in [0.15, 0.2) is 107 Å². The minimum absolute atomic E-state index is 0.110. The van der Waals surface area contributed by atoms with Gasteiger partial charge in [-0.1, -0.05) is 72.8 Å². The van der Waals surface area contributed by atoms with Crippen molar-refractivity contribution in [2.45, 2.75) is 10.9 Å². The van der Waals surface area contributed by atoms with E-state index in [1.54, 1.807) is 24.3 Å². The van der Waals surface area contributed by atoms with E-state index in [1.165, 1.54) is 0 Å². The number of rotatable bonds is 5. The molecule has 1 aliphatic rings. The second kappa shape index (κ2) is 7.89. The smallest absolute Gasteiger partial charge is 0.261 e. The van der Waals surface area contributed by atoms with E-state index in [0.717, 1.165) is 16.3 Å². The topological polar surface area (TPSA) is 67.8 Å². The number of hydrogen-bond acceptors (Lipinski definition) is 4. The molecule has 0 bridgehead atoms. The normalized spacial score (nSPS) is 16.0. The average Bonchev–Trinajstić information content (AvgIpc) is 3.30. The maximum Gasteiger partial charge on any atom is 0.261 e. The van der Waals surface area contributed by atoms with Crippen LogP contribution in [0.3, 0.4) is 0 Å². The maximum absolute atomic E-state index is 13.1. The molecular formula is C25H20N2O3S. The van der Waals surface area contributed by atoms with Crippen molar-refractivity contribution in [3.63, 3.8) is 0 Å². The van der Waals surface area contributed by atoms with Crippen molar-refractivity contribution in [2.75, 3.05) is 11.3 Å². The SMILES string of the molecule is O=S(=O)(Nc1ccccc1C1=N[C@H](c2ccccc2)CO1)c1ccc2ccccc2c1. The molecule has 5 rings (SSSR count). The number of nitrogens with one attached hydrogen (secondary N) is 1. The van der Waals surface area contributed by atoms with Crippen LogP contribution in [0, 0.1) is 0 Å². The fourth-order valence-corrected chi connectivity index (χ4v) is 4.78. The zero-order chi connectivity index (χ0) is 21.3. The molecule has 1 heterocycles. The molecule has 4 aromatic carbocycles. The fourth-order valence-electron chi connectivity index (χ4n) is 3.66. The number of fused-ring (bicyclic) bond motifs is 1. The molecule has 0 saturated carbocycles. The molecule has 5 nitrogen and oxygen atoms in total. The van der Waals surface area contributed by atoms with E-state index in [1.807, 2.05) is 72.8 Å². The number of ether oxygens (including phenoxy) is 1. The van der Waals surface area contributed by atoms with E-state index in [4.69, 9.17) is 9.73 Å². The molecule has 31 heavy (non-hydrogen) atoms. The Morgan fingerprint density at radius 1 is 0.806 bits per heavy atom. The van der Waals surface area contributed by atoms with E-state index >= 15 is 0 Å². The average molecular weight is 429 g/mol. The Hall–Kier alpha value is -3.64. The third kappa shape index (κ3) is 3.90. The highest BCUT2D eigenvalue weighted by molar-refractivity contribution is 7.92. The first-order valence-corrected chi connectivity index (χ1v) is 11.4. The van der Waals surface area contributed by atoms with Gasteiger partial charge < -0.3 is 4.74 Å². The van der Waals surface area contributed by atoms with Gasteiger partial charge in [0.1, 0.15) is 12.6 Å². The first-order chi connectivity index (χ1) is 15.1. The second-order valence-corrected chi connectivity index (χ2v) is 9.01. The summed E-state index contributed by atoms with van der Waals surface area (Å²) in [6, 6.07) is 29.7. The van der Waals surface area contributed by atoms with Gasteiger partial charge in [-0.3, -0.25) is 4.72 Å². The van der Waals surface area contributed by atoms with Gasteiger partial charge in [0.05, 0.1) is 16.1 Å². The van der Waals surface area contributed by atoms with E-state index in [9.17, 15) is 8.42 Å². The number of hydrogen-bond donors (Lipinski definition) is 1. The van der Waals surface area contributed by atoms with Crippen LogP contribution in [-0.4, -0.2) is 20.9 Å². The van der Waals surface area contributed by atoms with Gasteiger partial charge in [-0.25, -0.2) is 13.4 Å². The Bertz CT molecular complexity index is 1380. The van der Waals surface area contributed by atoms with Crippen molar-refractivity contribution in [1.82, 2.24) is 0 Å². The lowest BCUT2D eigenvalue weighted by molar-refractivity contribution is 0.320. The second-order valence-electron chi connectivity index (χ2n) is 7.33. The van der Waals surface area contributed by atoms with Crippen molar-refractivity contribution in [2.24, 2.45) is 4.99 Å². The third-order valence-corrected chi connectivity index (χ3v) is 6.63. The zero-order valence-corrected chi connectivity index (χ0v) is 17.4. The van der Waals surface area contributed by atoms with E-state index < -0.39 is 10.0 Å². The lowest BCUT2D eigenvalue weighted by Crippen LogP contribution is -2.16. The van der Waals surface area contributed by atoms with Crippen molar-refractivity contribution in [1.29, 1.82) is 0 Å². The van der Waals surface area contributed by atoms with Crippen LogP contribution in [0.4, 0.5) is 5.69 Å². The molecule has 4 aromatic rings. The van der Waals surface area contributed by atoms with Gasteiger partial charge in [0.2, 0.25) is 5.90 Å². The number of aliphatic imine (C=N–C) groups is 1. The van der Waals surface area contributed by atoms with Crippen LogP contribution >= 0.6 is 0 Å². The summed E-state index contributed by atoms with van der Waals surface area (Å²) < 4.78 is 34.8. The molecule has 0 radical (unpaired) electrons. The van der Waals surface area contributed by atoms with Crippen LogP contribution in [0.5, 0.6) is 0 Å². The summed E-state index contributed by atoms with van der Waals surface area (Å²) in [7, 11) is -3.78. The van der Waals surface area contributed by atoms with Gasteiger partial charge >= 0.3 is 0 Å². The van der Waals surface area contributed by atoms with Crippen LogP contribution in [0.25, 0.3) is 10.8 Å². The van der Waals surface area contributed by atoms with Crippen LogP contribution in [0.2, 0.25) is 0 Å². The minimum Gasteiger partial charge on any atom is -0.475 e. The largest absolute Gasteiger partial charge is 0.475 e. The van der Waals surface area contributed by atoms with E-state index in [-0.39, 0.29) is 10.9 Å². The molecule has 1 atom stereocenters. The van der Waals surface area contributed by atoms with Gasteiger partial charge in [0.25, 0.3) is 10.0 Å². The molecule has 0 spiro atoms. The van der Waals surface area contributed by atoms with Crippen molar-refractivity contribution < 1.29 is 13.2 Å². The summed E-state index contributed by atoms with van der Waals surface area (Å²) >= 11 is 0. The number of benzene rings is 4.